The molecule has 2 nitrogen and oxygen atoms in total. The second-order valence-electron chi connectivity index (χ2n) is 4.44. The quantitative estimate of drug-likeness (QED) is 0.559. The lowest BCUT2D eigenvalue weighted by molar-refractivity contribution is 0.0979. The van der Waals surface area contributed by atoms with Gasteiger partial charge in [0.15, 0.2) is 5.78 Å². The van der Waals surface area contributed by atoms with Crippen molar-refractivity contribution in [1.29, 1.82) is 0 Å². The van der Waals surface area contributed by atoms with E-state index in [4.69, 9.17) is 4.74 Å². The van der Waals surface area contributed by atoms with E-state index in [1.807, 2.05) is 54.6 Å². The normalized spacial score (nSPS) is 10.2. The minimum absolute atomic E-state index is 0.124. The molecule has 2 aromatic carbocycles. The van der Waals surface area contributed by atoms with Crippen molar-refractivity contribution in [2.75, 3.05) is 11.9 Å². The molecule has 0 aliphatic heterocycles. The maximum absolute atomic E-state index is 12.3. The van der Waals surface area contributed by atoms with Crippen LogP contribution in [0, 0.1) is 0 Å². The summed E-state index contributed by atoms with van der Waals surface area (Å²) in [7, 11) is 0. The lowest BCUT2D eigenvalue weighted by Gasteiger charge is -2.09. The summed E-state index contributed by atoms with van der Waals surface area (Å²) in [5, 5.41) is 0.750. The average Bonchev–Trinajstić information content (AvgIpc) is 2.52. The molecule has 0 heterocycles. The maximum Gasteiger partial charge on any atom is 0.166 e. The summed E-state index contributed by atoms with van der Waals surface area (Å²) in [6.07, 6.45) is 1.26. The number of hydrogen-bond acceptors (Lipinski definition) is 2. The van der Waals surface area contributed by atoms with Crippen molar-refractivity contribution in [2.24, 2.45) is 0 Å². The largest absolute Gasteiger partial charge is 0.492 e. The molecule has 104 valence electrons. The van der Waals surface area contributed by atoms with Crippen LogP contribution in [0.3, 0.4) is 0 Å². The molecule has 0 aliphatic carbocycles. The molecule has 0 unspecified atom stereocenters. The summed E-state index contributed by atoms with van der Waals surface area (Å²) in [6, 6.07) is 17.5. The van der Waals surface area contributed by atoms with Gasteiger partial charge >= 0.3 is 0 Å². The van der Waals surface area contributed by atoms with Gasteiger partial charge in [-0.15, -0.1) is 0 Å². The smallest absolute Gasteiger partial charge is 0.166 e. The summed E-state index contributed by atoms with van der Waals surface area (Å²) in [5.74, 6) is 0.795. The molecule has 0 aromatic heterocycles. The molecular formula is C17H17BrO2. The molecule has 0 amide bonds. The number of hydrogen-bond donors (Lipinski definition) is 0. The molecule has 0 radical (unpaired) electrons. The Hall–Kier alpha value is -1.61. The van der Waals surface area contributed by atoms with Gasteiger partial charge in [0.05, 0.1) is 12.2 Å². The van der Waals surface area contributed by atoms with Crippen LogP contribution in [0.15, 0.2) is 54.6 Å². The summed E-state index contributed by atoms with van der Waals surface area (Å²) < 4.78 is 5.59. The zero-order chi connectivity index (χ0) is 14.2. The number of rotatable bonds is 7. The predicted molar refractivity (Wildman–Crippen MR) is 84.8 cm³/mol. The highest BCUT2D eigenvalue weighted by Crippen LogP contribution is 2.20. The molecule has 0 atom stereocenters. The van der Waals surface area contributed by atoms with Gasteiger partial charge in [-0.3, -0.25) is 4.79 Å². The van der Waals surface area contributed by atoms with E-state index >= 15 is 0 Å². The Bertz CT molecular complexity index is 552. The molecule has 0 N–H and O–H groups in total. The number of carbonyl (C=O) groups excluding carboxylic acids is 1. The number of carbonyl (C=O) groups is 1. The molecule has 0 saturated heterocycles. The highest BCUT2D eigenvalue weighted by Gasteiger charge is 2.11. The Morgan fingerprint density at radius 3 is 2.45 bits per heavy atom. The number of halogens is 1. The van der Waals surface area contributed by atoms with Crippen LogP contribution in [0.1, 0.15) is 22.3 Å². The van der Waals surface area contributed by atoms with Gasteiger partial charge < -0.3 is 4.74 Å². The molecule has 0 spiro atoms. The highest BCUT2D eigenvalue weighted by atomic mass is 79.9. The second-order valence-corrected chi connectivity index (χ2v) is 5.24. The van der Waals surface area contributed by atoms with E-state index < -0.39 is 0 Å². The van der Waals surface area contributed by atoms with Gasteiger partial charge in [0.2, 0.25) is 0 Å². The van der Waals surface area contributed by atoms with Crippen LogP contribution in [-0.2, 0) is 6.42 Å². The first kappa shape index (κ1) is 14.8. The van der Waals surface area contributed by atoms with Crippen LogP contribution >= 0.6 is 15.9 Å². The van der Waals surface area contributed by atoms with Gasteiger partial charge in [-0.05, 0) is 24.1 Å². The van der Waals surface area contributed by atoms with Gasteiger partial charge in [0, 0.05) is 11.8 Å². The summed E-state index contributed by atoms with van der Waals surface area (Å²) in [5.41, 5.74) is 1.85. The second kappa shape index (κ2) is 7.85. The van der Waals surface area contributed by atoms with E-state index in [-0.39, 0.29) is 5.78 Å². The Kier molecular flexibility index (Phi) is 5.81. The molecule has 0 bridgehead atoms. The van der Waals surface area contributed by atoms with E-state index in [1.54, 1.807) is 0 Å². The Labute approximate surface area is 127 Å². The molecule has 20 heavy (non-hydrogen) atoms. The van der Waals surface area contributed by atoms with Gasteiger partial charge in [0.1, 0.15) is 5.75 Å². The number of ether oxygens (including phenoxy) is 1. The monoisotopic (exact) mass is 332 g/mol. The SMILES string of the molecule is O=C(CCc1ccccc1)c1ccccc1OCCBr. The van der Waals surface area contributed by atoms with Gasteiger partial charge in [-0.25, -0.2) is 0 Å². The fraction of sp³-hybridized carbons (Fsp3) is 0.235. The maximum atomic E-state index is 12.3. The van der Waals surface area contributed by atoms with Gasteiger partial charge in [-0.2, -0.15) is 0 Å². The van der Waals surface area contributed by atoms with Gasteiger partial charge in [0.25, 0.3) is 0 Å². The Balaban J connectivity index is 2.01. The Morgan fingerprint density at radius 2 is 1.70 bits per heavy atom. The third-order valence-corrected chi connectivity index (χ3v) is 3.33. The van der Waals surface area contributed by atoms with Crippen LogP contribution in [-0.4, -0.2) is 17.7 Å². The van der Waals surface area contributed by atoms with Crippen molar-refractivity contribution in [2.45, 2.75) is 12.8 Å². The lowest BCUT2D eigenvalue weighted by atomic mass is 10.0. The van der Waals surface area contributed by atoms with Crippen molar-refractivity contribution >= 4 is 21.7 Å². The van der Waals surface area contributed by atoms with E-state index in [0.29, 0.717) is 24.3 Å². The zero-order valence-electron chi connectivity index (χ0n) is 11.2. The van der Waals surface area contributed by atoms with E-state index in [0.717, 1.165) is 11.8 Å². The summed E-state index contributed by atoms with van der Waals surface area (Å²) in [4.78, 5) is 12.3. The van der Waals surface area contributed by atoms with Crippen molar-refractivity contribution in [3.8, 4) is 5.75 Å². The standard InChI is InChI=1S/C17H17BrO2/c18-12-13-20-17-9-5-4-8-15(17)16(19)11-10-14-6-2-1-3-7-14/h1-9H,10-13H2. The highest BCUT2D eigenvalue weighted by molar-refractivity contribution is 9.09. The first-order valence-corrected chi connectivity index (χ1v) is 7.78. The minimum Gasteiger partial charge on any atom is -0.492 e. The van der Waals surface area contributed by atoms with Crippen LogP contribution in [0.25, 0.3) is 0 Å². The average molecular weight is 333 g/mol. The lowest BCUT2D eigenvalue weighted by Crippen LogP contribution is -2.06. The van der Waals surface area contributed by atoms with E-state index in [1.165, 1.54) is 5.56 Å². The summed E-state index contributed by atoms with van der Waals surface area (Å²) in [6.45, 7) is 0.559. The van der Waals surface area contributed by atoms with Crippen molar-refractivity contribution in [1.82, 2.24) is 0 Å². The predicted octanol–water partition coefficient (Wildman–Crippen LogP) is 4.28. The first-order valence-electron chi connectivity index (χ1n) is 6.66. The van der Waals surface area contributed by atoms with Crippen LogP contribution in [0.2, 0.25) is 0 Å². The molecular weight excluding hydrogens is 316 g/mol. The zero-order valence-corrected chi connectivity index (χ0v) is 12.8. The van der Waals surface area contributed by atoms with Crippen LogP contribution in [0.5, 0.6) is 5.75 Å². The third-order valence-electron chi connectivity index (χ3n) is 3.01. The first-order chi connectivity index (χ1) is 9.81. The molecule has 0 fully saturated rings. The van der Waals surface area contributed by atoms with E-state index in [2.05, 4.69) is 15.9 Å². The molecule has 3 heteroatoms. The fourth-order valence-electron chi connectivity index (χ4n) is 2.01. The van der Waals surface area contributed by atoms with Crippen molar-refractivity contribution < 1.29 is 9.53 Å². The van der Waals surface area contributed by atoms with Crippen LogP contribution in [0.4, 0.5) is 0 Å². The van der Waals surface area contributed by atoms with Crippen molar-refractivity contribution in [3.63, 3.8) is 0 Å². The fourth-order valence-corrected chi connectivity index (χ4v) is 2.17. The molecule has 2 rings (SSSR count). The third kappa shape index (κ3) is 4.20. The number of para-hydroxylation sites is 1. The van der Waals surface area contributed by atoms with Crippen LogP contribution < -0.4 is 4.74 Å². The van der Waals surface area contributed by atoms with Crippen molar-refractivity contribution in [3.05, 3.63) is 65.7 Å². The summed E-state index contributed by atoms with van der Waals surface area (Å²) >= 11 is 3.32. The number of benzene rings is 2. The number of Topliss-reactive ketones (excluding diaryl/α,β-unsaturated/α-hetero) is 1. The minimum atomic E-state index is 0.124. The van der Waals surface area contributed by atoms with Gasteiger partial charge in [-0.1, -0.05) is 58.4 Å². The number of aryl methyl sites for hydroxylation is 1. The Morgan fingerprint density at radius 1 is 1.00 bits per heavy atom. The van der Waals surface area contributed by atoms with E-state index in [9.17, 15) is 4.79 Å². The molecule has 0 saturated carbocycles. The number of alkyl halides is 1. The topological polar surface area (TPSA) is 26.3 Å². The number of ketones is 1. The molecule has 2 aromatic rings. The molecule has 0 aliphatic rings.